The smallest absolute Gasteiger partial charge is 0.250 e. The van der Waals surface area contributed by atoms with Crippen molar-refractivity contribution in [3.8, 4) is 0 Å². The fourth-order valence-electron chi connectivity index (χ4n) is 2.29. The lowest BCUT2D eigenvalue weighted by Gasteiger charge is -2.29. The van der Waals surface area contributed by atoms with E-state index in [0.29, 0.717) is 25.9 Å². The van der Waals surface area contributed by atoms with E-state index in [2.05, 4.69) is 22.1 Å². The molecule has 146 valence electrons. The van der Waals surface area contributed by atoms with Gasteiger partial charge in [-0.15, -0.1) is 16.8 Å². The Labute approximate surface area is 171 Å². The van der Waals surface area contributed by atoms with Gasteiger partial charge in [0.1, 0.15) is 6.04 Å². The van der Waals surface area contributed by atoms with Crippen LogP contribution in [0, 0.1) is 0 Å². The van der Waals surface area contributed by atoms with Gasteiger partial charge in [-0.2, -0.15) is 0 Å². The van der Waals surface area contributed by atoms with Crippen LogP contribution in [-0.4, -0.2) is 42.6 Å². The fraction of sp³-hybridized carbons (Fsp3) is 0.312. The Kier molecular flexibility index (Phi) is 7.66. The SMILES string of the molecule is C=CCSc1nnc(NC(=O)C(CC)N(c2ccc(Cl)cc2)S(C)(=O)=O)s1. The Morgan fingerprint density at radius 1 is 1.41 bits per heavy atom. The molecule has 1 atom stereocenters. The maximum atomic E-state index is 12.8. The minimum atomic E-state index is -3.70. The van der Waals surface area contributed by atoms with Crippen molar-refractivity contribution in [2.24, 2.45) is 0 Å². The second-order valence-electron chi connectivity index (χ2n) is 5.42. The third-order valence-electron chi connectivity index (χ3n) is 3.37. The average Bonchev–Trinajstić information content (AvgIpc) is 3.05. The highest BCUT2D eigenvalue weighted by molar-refractivity contribution is 8.01. The number of benzene rings is 1. The van der Waals surface area contributed by atoms with Crippen LogP contribution in [0.15, 0.2) is 41.3 Å². The average molecular weight is 447 g/mol. The van der Waals surface area contributed by atoms with E-state index in [1.807, 2.05) is 0 Å². The van der Waals surface area contributed by atoms with Crippen LogP contribution in [0.25, 0.3) is 0 Å². The van der Waals surface area contributed by atoms with Gasteiger partial charge in [-0.1, -0.05) is 47.7 Å². The van der Waals surface area contributed by atoms with Gasteiger partial charge in [-0.3, -0.25) is 14.4 Å². The number of nitrogens with one attached hydrogen (secondary N) is 1. The number of amides is 1. The van der Waals surface area contributed by atoms with Crippen LogP contribution in [0.3, 0.4) is 0 Å². The number of thioether (sulfide) groups is 1. The Morgan fingerprint density at radius 2 is 2.07 bits per heavy atom. The number of hydrogen-bond acceptors (Lipinski definition) is 7. The molecular formula is C16H19ClN4O3S3. The molecule has 0 aliphatic rings. The summed E-state index contributed by atoms with van der Waals surface area (Å²) in [4.78, 5) is 12.8. The molecular weight excluding hydrogens is 428 g/mol. The van der Waals surface area contributed by atoms with Gasteiger partial charge in [0.15, 0.2) is 4.34 Å². The van der Waals surface area contributed by atoms with Crippen molar-refractivity contribution in [1.82, 2.24) is 10.2 Å². The standard InChI is InChI=1S/C16H19ClN4O3S3/c1-4-10-25-16-20-19-15(26-16)18-14(22)13(5-2)21(27(3,23)24)12-8-6-11(17)7-9-12/h4,6-9,13H,1,5,10H2,2-3H3,(H,18,19,22). The summed E-state index contributed by atoms with van der Waals surface area (Å²) in [6, 6.07) is 5.35. The fourth-order valence-corrected chi connectivity index (χ4v) is 5.14. The van der Waals surface area contributed by atoms with Crippen LogP contribution in [-0.2, 0) is 14.8 Å². The normalized spacial score (nSPS) is 12.4. The number of aromatic nitrogens is 2. The number of hydrogen-bond donors (Lipinski definition) is 1. The van der Waals surface area contributed by atoms with E-state index in [0.717, 1.165) is 10.6 Å². The van der Waals surface area contributed by atoms with Crippen LogP contribution in [0.4, 0.5) is 10.8 Å². The van der Waals surface area contributed by atoms with E-state index in [-0.39, 0.29) is 6.42 Å². The van der Waals surface area contributed by atoms with Gasteiger partial charge >= 0.3 is 0 Å². The maximum absolute atomic E-state index is 12.8. The molecule has 1 heterocycles. The van der Waals surface area contributed by atoms with E-state index in [9.17, 15) is 13.2 Å². The Bertz CT molecular complexity index is 900. The van der Waals surface area contributed by atoms with Gasteiger partial charge < -0.3 is 0 Å². The van der Waals surface area contributed by atoms with Crippen LogP contribution in [0.1, 0.15) is 13.3 Å². The minimum absolute atomic E-state index is 0.276. The number of sulfonamides is 1. The quantitative estimate of drug-likeness (QED) is 0.359. The molecule has 0 fully saturated rings. The molecule has 0 saturated heterocycles. The van der Waals surface area contributed by atoms with Crippen LogP contribution in [0.2, 0.25) is 5.02 Å². The summed E-state index contributed by atoms with van der Waals surface area (Å²) >= 11 is 8.55. The summed E-state index contributed by atoms with van der Waals surface area (Å²) < 4.78 is 26.5. The minimum Gasteiger partial charge on any atom is -0.299 e. The van der Waals surface area contributed by atoms with E-state index in [4.69, 9.17) is 11.6 Å². The summed E-state index contributed by atoms with van der Waals surface area (Å²) in [5.74, 6) is 0.202. The third kappa shape index (κ3) is 5.93. The monoisotopic (exact) mass is 446 g/mol. The van der Waals surface area contributed by atoms with Gasteiger partial charge in [-0.25, -0.2) is 8.42 Å². The molecule has 2 aromatic rings. The summed E-state index contributed by atoms with van der Waals surface area (Å²) in [6.45, 7) is 5.38. The molecule has 27 heavy (non-hydrogen) atoms. The summed E-state index contributed by atoms with van der Waals surface area (Å²) in [7, 11) is -3.70. The third-order valence-corrected chi connectivity index (χ3v) is 6.77. The van der Waals surface area contributed by atoms with E-state index in [1.54, 1.807) is 37.3 Å². The Morgan fingerprint density at radius 3 is 2.63 bits per heavy atom. The number of carbonyl (C=O) groups is 1. The molecule has 2 rings (SSSR count). The van der Waals surface area contributed by atoms with Gasteiger partial charge in [0.05, 0.1) is 11.9 Å². The van der Waals surface area contributed by atoms with Crippen molar-refractivity contribution in [3.05, 3.63) is 41.9 Å². The van der Waals surface area contributed by atoms with Crippen molar-refractivity contribution in [2.45, 2.75) is 23.7 Å². The van der Waals surface area contributed by atoms with Crippen LogP contribution >= 0.6 is 34.7 Å². The zero-order chi connectivity index (χ0) is 20.0. The molecule has 0 aliphatic carbocycles. The van der Waals surface area contributed by atoms with Crippen LogP contribution < -0.4 is 9.62 Å². The van der Waals surface area contributed by atoms with Gasteiger partial charge in [0, 0.05) is 10.8 Å². The largest absolute Gasteiger partial charge is 0.299 e. The highest BCUT2D eigenvalue weighted by Crippen LogP contribution is 2.27. The van der Waals surface area contributed by atoms with Gasteiger partial charge in [-0.05, 0) is 30.7 Å². The molecule has 1 unspecified atom stereocenters. The molecule has 0 aliphatic heterocycles. The summed E-state index contributed by atoms with van der Waals surface area (Å²) in [5, 5.41) is 11.4. The number of anilines is 2. The van der Waals surface area contributed by atoms with Gasteiger partial charge in [0.2, 0.25) is 21.1 Å². The molecule has 0 spiro atoms. The van der Waals surface area contributed by atoms with Crippen molar-refractivity contribution in [1.29, 1.82) is 0 Å². The molecule has 1 N–H and O–H groups in total. The highest BCUT2D eigenvalue weighted by atomic mass is 35.5. The molecule has 1 amide bonds. The summed E-state index contributed by atoms with van der Waals surface area (Å²) in [5.41, 5.74) is 0.364. The molecule has 0 radical (unpaired) electrons. The van der Waals surface area contributed by atoms with Crippen molar-refractivity contribution in [2.75, 3.05) is 21.6 Å². The van der Waals surface area contributed by atoms with E-state index < -0.39 is 22.0 Å². The highest BCUT2D eigenvalue weighted by Gasteiger charge is 2.32. The Hall–Kier alpha value is -1.62. The number of halogens is 1. The second kappa shape index (κ2) is 9.54. The first-order valence-electron chi connectivity index (χ1n) is 7.89. The van der Waals surface area contributed by atoms with Crippen molar-refractivity contribution >= 4 is 61.4 Å². The summed E-state index contributed by atoms with van der Waals surface area (Å²) in [6.07, 6.45) is 3.08. The lowest BCUT2D eigenvalue weighted by molar-refractivity contribution is -0.117. The van der Waals surface area contributed by atoms with E-state index in [1.165, 1.54) is 23.1 Å². The first-order valence-corrected chi connectivity index (χ1v) is 11.9. The second-order valence-corrected chi connectivity index (χ2v) is 9.96. The van der Waals surface area contributed by atoms with Crippen LogP contribution in [0.5, 0.6) is 0 Å². The lowest BCUT2D eigenvalue weighted by Crippen LogP contribution is -2.46. The number of rotatable bonds is 9. The molecule has 7 nitrogen and oxygen atoms in total. The molecule has 0 saturated carbocycles. The molecule has 1 aromatic carbocycles. The van der Waals surface area contributed by atoms with E-state index >= 15 is 0 Å². The molecule has 11 heteroatoms. The number of nitrogens with zero attached hydrogens (tertiary/aromatic N) is 3. The first-order chi connectivity index (χ1) is 12.8. The predicted octanol–water partition coefficient (Wildman–Crippen LogP) is 3.65. The topological polar surface area (TPSA) is 92.3 Å². The molecule has 0 bridgehead atoms. The zero-order valence-electron chi connectivity index (χ0n) is 14.8. The predicted molar refractivity (Wildman–Crippen MR) is 112 cm³/mol. The lowest BCUT2D eigenvalue weighted by atomic mass is 10.2. The van der Waals surface area contributed by atoms with Crippen molar-refractivity contribution in [3.63, 3.8) is 0 Å². The molecule has 1 aromatic heterocycles. The Balaban J connectivity index is 2.25. The van der Waals surface area contributed by atoms with Crippen molar-refractivity contribution < 1.29 is 13.2 Å². The maximum Gasteiger partial charge on any atom is 0.250 e. The van der Waals surface area contributed by atoms with Gasteiger partial charge in [0.25, 0.3) is 0 Å². The zero-order valence-corrected chi connectivity index (χ0v) is 18.0. The first kappa shape index (κ1) is 21.7. The number of carbonyl (C=O) groups excluding carboxylic acids is 1.